The zero-order valence-corrected chi connectivity index (χ0v) is 21.7. The van der Waals surface area contributed by atoms with Gasteiger partial charge in [0.15, 0.2) is 11.4 Å². The van der Waals surface area contributed by atoms with E-state index in [-0.39, 0.29) is 17.3 Å². The van der Waals surface area contributed by atoms with Crippen molar-refractivity contribution < 1.29 is 14.3 Å². The van der Waals surface area contributed by atoms with Crippen molar-refractivity contribution >= 4 is 27.8 Å². The molecule has 0 fully saturated rings. The van der Waals surface area contributed by atoms with Crippen molar-refractivity contribution in [3.05, 3.63) is 76.6 Å². The second-order valence-corrected chi connectivity index (χ2v) is 9.35. The van der Waals surface area contributed by atoms with Crippen LogP contribution in [-0.4, -0.2) is 39.3 Å². The van der Waals surface area contributed by atoms with Gasteiger partial charge < -0.3 is 9.47 Å². The molecule has 3 aromatic heterocycles. The Kier molecular flexibility index (Phi) is 6.03. The van der Waals surface area contributed by atoms with E-state index in [1.54, 1.807) is 21.4 Å². The van der Waals surface area contributed by atoms with E-state index in [2.05, 4.69) is 37.0 Å². The number of esters is 1. The first kappa shape index (κ1) is 24.2. The Bertz CT molecular complexity index is 1750. The largest absolute Gasteiger partial charge is 0.494 e. The lowest BCUT2D eigenvalue weighted by atomic mass is 9.93. The predicted molar refractivity (Wildman–Crippen MR) is 144 cm³/mol. The summed E-state index contributed by atoms with van der Waals surface area (Å²) in [5.74, 6) is 0.00162. The van der Waals surface area contributed by atoms with Gasteiger partial charge in [0.05, 0.1) is 30.9 Å². The van der Waals surface area contributed by atoms with Crippen LogP contribution in [0.15, 0.2) is 59.7 Å². The zero-order valence-electron chi connectivity index (χ0n) is 21.7. The molecule has 0 radical (unpaired) electrons. The number of hydrogen-bond acceptors (Lipinski definition) is 6. The Morgan fingerprint density at radius 3 is 2.43 bits per heavy atom. The molecule has 2 aromatic carbocycles. The lowest BCUT2D eigenvalue weighted by Crippen LogP contribution is -2.19. The molecule has 0 spiro atoms. The van der Waals surface area contributed by atoms with E-state index >= 15 is 0 Å². The van der Waals surface area contributed by atoms with Crippen LogP contribution in [0.25, 0.3) is 44.2 Å². The van der Waals surface area contributed by atoms with Gasteiger partial charge in [0.1, 0.15) is 0 Å². The SMILES string of the molecule is COC(=O)c1ncc(-c2cc3cccc(-c4cc(C(C)C)c5c(c4)n(C)c(=O)n5C)c3cn2)cc1OC. The van der Waals surface area contributed by atoms with Crippen LogP contribution in [0.3, 0.4) is 0 Å². The van der Waals surface area contributed by atoms with Crippen molar-refractivity contribution in [2.45, 2.75) is 19.8 Å². The number of nitrogens with zero attached hydrogens (tertiary/aromatic N) is 4. The third-order valence-corrected chi connectivity index (χ3v) is 6.83. The molecule has 8 heteroatoms. The molecule has 37 heavy (non-hydrogen) atoms. The highest BCUT2D eigenvalue weighted by Crippen LogP contribution is 2.35. The quantitative estimate of drug-likeness (QED) is 0.316. The summed E-state index contributed by atoms with van der Waals surface area (Å²) in [5, 5.41) is 2.00. The van der Waals surface area contributed by atoms with E-state index in [1.165, 1.54) is 14.2 Å². The third kappa shape index (κ3) is 3.94. The van der Waals surface area contributed by atoms with Gasteiger partial charge in [-0.1, -0.05) is 32.0 Å². The molecular weight excluding hydrogens is 468 g/mol. The van der Waals surface area contributed by atoms with Crippen molar-refractivity contribution in [2.24, 2.45) is 14.1 Å². The van der Waals surface area contributed by atoms with Crippen LogP contribution in [0.4, 0.5) is 0 Å². The Hall–Kier alpha value is -4.46. The van der Waals surface area contributed by atoms with E-state index in [0.717, 1.165) is 44.1 Å². The molecule has 188 valence electrons. The number of imidazole rings is 1. The molecule has 0 saturated carbocycles. The second-order valence-electron chi connectivity index (χ2n) is 9.35. The molecule has 0 atom stereocenters. The van der Waals surface area contributed by atoms with Crippen molar-refractivity contribution in [3.8, 4) is 28.1 Å². The minimum Gasteiger partial charge on any atom is -0.494 e. The Morgan fingerprint density at radius 1 is 0.946 bits per heavy atom. The van der Waals surface area contributed by atoms with Crippen molar-refractivity contribution in [1.82, 2.24) is 19.1 Å². The molecule has 0 unspecified atom stereocenters. The summed E-state index contributed by atoms with van der Waals surface area (Å²) in [5.41, 5.74) is 6.55. The molecule has 5 rings (SSSR count). The smallest absolute Gasteiger partial charge is 0.360 e. The van der Waals surface area contributed by atoms with Crippen LogP contribution in [0, 0.1) is 0 Å². The number of aryl methyl sites for hydroxylation is 2. The highest BCUT2D eigenvalue weighted by molar-refractivity contribution is 6.00. The van der Waals surface area contributed by atoms with Gasteiger partial charge in [-0.15, -0.1) is 0 Å². The first-order valence-corrected chi connectivity index (χ1v) is 12.0. The summed E-state index contributed by atoms with van der Waals surface area (Å²) < 4.78 is 13.6. The first-order chi connectivity index (χ1) is 17.7. The minimum atomic E-state index is -0.562. The number of rotatable bonds is 5. The molecule has 0 aliphatic rings. The van der Waals surface area contributed by atoms with Gasteiger partial charge in [-0.05, 0) is 52.3 Å². The van der Waals surface area contributed by atoms with E-state index in [0.29, 0.717) is 11.4 Å². The van der Waals surface area contributed by atoms with E-state index in [9.17, 15) is 9.59 Å². The number of pyridine rings is 2. The summed E-state index contributed by atoms with van der Waals surface area (Å²) in [6.07, 6.45) is 3.44. The van der Waals surface area contributed by atoms with E-state index < -0.39 is 5.97 Å². The van der Waals surface area contributed by atoms with Gasteiger partial charge in [-0.2, -0.15) is 0 Å². The van der Waals surface area contributed by atoms with Crippen LogP contribution in [0.2, 0.25) is 0 Å². The van der Waals surface area contributed by atoms with Gasteiger partial charge in [0, 0.05) is 37.4 Å². The van der Waals surface area contributed by atoms with Crippen LogP contribution in [0.1, 0.15) is 35.8 Å². The molecule has 0 aliphatic carbocycles. The lowest BCUT2D eigenvalue weighted by molar-refractivity contribution is 0.0590. The molecule has 5 aromatic rings. The highest BCUT2D eigenvalue weighted by atomic mass is 16.5. The molecule has 3 heterocycles. The van der Waals surface area contributed by atoms with Crippen LogP contribution in [-0.2, 0) is 18.8 Å². The number of ether oxygens (including phenoxy) is 2. The number of methoxy groups -OCH3 is 2. The summed E-state index contributed by atoms with van der Waals surface area (Å²) in [6, 6.07) is 14.1. The summed E-state index contributed by atoms with van der Waals surface area (Å²) >= 11 is 0. The van der Waals surface area contributed by atoms with Crippen molar-refractivity contribution in [1.29, 1.82) is 0 Å². The van der Waals surface area contributed by atoms with Gasteiger partial charge in [0.25, 0.3) is 0 Å². The maximum absolute atomic E-state index is 12.7. The summed E-state index contributed by atoms with van der Waals surface area (Å²) in [7, 11) is 6.42. The fraction of sp³-hybridized carbons (Fsp3) is 0.241. The average Bonchev–Trinajstić information content (AvgIpc) is 3.14. The number of aromatic nitrogens is 4. The Morgan fingerprint density at radius 2 is 1.73 bits per heavy atom. The van der Waals surface area contributed by atoms with Crippen LogP contribution >= 0.6 is 0 Å². The number of fused-ring (bicyclic) bond motifs is 2. The molecule has 0 bridgehead atoms. The highest BCUT2D eigenvalue weighted by Gasteiger charge is 2.19. The monoisotopic (exact) mass is 496 g/mol. The van der Waals surface area contributed by atoms with Crippen LogP contribution < -0.4 is 10.4 Å². The lowest BCUT2D eigenvalue weighted by Gasteiger charge is -2.14. The van der Waals surface area contributed by atoms with Gasteiger partial charge in [-0.3, -0.25) is 14.1 Å². The van der Waals surface area contributed by atoms with Crippen molar-refractivity contribution in [2.75, 3.05) is 14.2 Å². The van der Waals surface area contributed by atoms with E-state index in [4.69, 9.17) is 14.5 Å². The van der Waals surface area contributed by atoms with Crippen molar-refractivity contribution in [3.63, 3.8) is 0 Å². The fourth-order valence-electron chi connectivity index (χ4n) is 4.85. The maximum atomic E-state index is 12.7. The predicted octanol–water partition coefficient (Wildman–Crippen LogP) is 5.07. The minimum absolute atomic E-state index is 0.0412. The van der Waals surface area contributed by atoms with Gasteiger partial charge in [0.2, 0.25) is 0 Å². The maximum Gasteiger partial charge on any atom is 0.360 e. The molecule has 0 N–H and O–H groups in total. The standard InChI is InChI=1S/C29H28N4O4/c1-16(2)21-10-18(12-24-27(21)33(4)29(35)32(24)3)20-9-7-8-17-11-23(30-15-22(17)20)19-13-25(36-5)26(31-14-19)28(34)37-6/h7-16H,1-6H3. The fourth-order valence-corrected chi connectivity index (χ4v) is 4.85. The zero-order chi connectivity index (χ0) is 26.4. The number of hydrogen-bond donors (Lipinski definition) is 0. The molecule has 0 amide bonds. The topological polar surface area (TPSA) is 88.2 Å². The molecule has 0 aliphatic heterocycles. The molecular formula is C29H28N4O4. The number of carbonyl (C=O) groups is 1. The molecule has 8 nitrogen and oxygen atoms in total. The average molecular weight is 497 g/mol. The van der Waals surface area contributed by atoms with Gasteiger partial charge in [-0.25, -0.2) is 14.6 Å². The van der Waals surface area contributed by atoms with E-state index in [1.807, 2.05) is 38.5 Å². The third-order valence-electron chi connectivity index (χ3n) is 6.83. The normalized spacial score (nSPS) is 11.4. The molecule has 0 saturated heterocycles. The second kappa shape index (κ2) is 9.20. The number of benzene rings is 2. The summed E-state index contributed by atoms with van der Waals surface area (Å²) in [4.78, 5) is 33.6. The summed E-state index contributed by atoms with van der Waals surface area (Å²) in [6.45, 7) is 4.28. The van der Waals surface area contributed by atoms with Crippen LogP contribution in [0.5, 0.6) is 5.75 Å². The first-order valence-electron chi connectivity index (χ1n) is 12.0. The Balaban J connectivity index is 1.66. The van der Waals surface area contributed by atoms with Gasteiger partial charge >= 0.3 is 11.7 Å². The number of carbonyl (C=O) groups excluding carboxylic acids is 1. The Labute approximate surface area is 214 Å².